The SMILES string of the molecule is C[C@@H]1CCC[C@H](C)N1C(=O)c1cc2ccccc2oc1=O. The lowest BCUT2D eigenvalue weighted by atomic mass is 9.96. The molecule has 3 rings (SSSR count). The van der Waals surface area contributed by atoms with E-state index >= 15 is 0 Å². The Morgan fingerprint density at radius 1 is 1.19 bits per heavy atom. The Bertz CT molecular complexity index is 724. The number of hydrogen-bond acceptors (Lipinski definition) is 3. The fourth-order valence-electron chi connectivity index (χ4n) is 3.17. The maximum atomic E-state index is 12.8. The van der Waals surface area contributed by atoms with Gasteiger partial charge in [0.15, 0.2) is 0 Å². The van der Waals surface area contributed by atoms with Gasteiger partial charge in [0, 0.05) is 17.5 Å². The number of amides is 1. The van der Waals surface area contributed by atoms with Crippen molar-refractivity contribution in [1.29, 1.82) is 0 Å². The van der Waals surface area contributed by atoms with E-state index in [1.807, 2.05) is 36.9 Å². The lowest BCUT2D eigenvalue weighted by Crippen LogP contribution is -2.48. The van der Waals surface area contributed by atoms with Crippen molar-refractivity contribution in [2.45, 2.75) is 45.2 Å². The first kappa shape index (κ1) is 13.9. The lowest BCUT2D eigenvalue weighted by molar-refractivity contribution is 0.0506. The van der Waals surface area contributed by atoms with Crippen LogP contribution in [0.2, 0.25) is 0 Å². The maximum Gasteiger partial charge on any atom is 0.349 e. The van der Waals surface area contributed by atoms with Gasteiger partial charge in [0.2, 0.25) is 0 Å². The van der Waals surface area contributed by atoms with E-state index in [4.69, 9.17) is 4.42 Å². The van der Waals surface area contributed by atoms with Gasteiger partial charge >= 0.3 is 5.63 Å². The van der Waals surface area contributed by atoms with Crippen LogP contribution < -0.4 is 5.63 Å². The molecule has 2 atom stereocenters. The molecule has 0 aliphatic carbocycles. The standard InChI is InChI=1S/C17H19NO3/c1-11-6-5-7-12(2)18(11)16(19)14-10-13-8-3-4-9-15(13)21-17(14)20/h3-4,8-12H,5-7H2,1-2H3/t11-,12+. The highest BCUT2D eigenvalue weighted by molar-refractivity contribution is 5.97. The molecule has 0 saturated carbocycles. The van der Waals surface area contributed by atoms with E-state index in [0.717, 1.165) is 24.6 Å². The topological polar surface area (TPSA) is 50.5 Å². The van der Waals surface area contributed by atoms with Crippen LogP contribution in [0.3, 0.4) is 0 Å². The van der Waals surface area contributed by atoms with Crippen LogP contribution in [0.4, 0.5) is 0 Å². The molecule has 0 unspecified atom stereocenters. The first-order valence-corrected chi connectivity index (χ1v) is 7.43. The average Bonchev–Trinajstić information content (AvgIpc) is 2.46. The first-order chi connectivity index (χ1) is 10.1. The predicted octanol–water partition coefficient (Wildman–Crippen LogP) is 3.20. The molecule has 1 aromatic heterocycles. The molecule has 1 amide bonds. The monoisotopic (exact) mass is 285 g/mol. The molecule has 4 heteroatoms. The van der Waals surface area contributed by atoms with Crippen molar-refractivity contribution in [3.63, 3.8) is 0 Å². The maximum absolute atomic E-state index is 12.8. The lowest BCUT2D eigenvalue weighted by Gasteiger charge is -2.38. The Labute approximate surface area is 123 Å². The van der Waals surface area contributed by atoms with Gasteiger partial charge in [-0.05, 0) is 45.2 Å². The minimum atomic E-state index is -0.552. The van der Waals surface area contributed by atoms with E-state index in [0.29, 0.717) is 5.58 Å². The van der Waals surface area contributed by atoms with E-state index in [1.165, 1.54) is 0 Å². The van der Waals surface area contributed by atoms with Gasteiger partial charge in [0.05, 0.1) is 0 Å². The van der Waals surface area contributed by atoms with Gasteiger partial charge in [-0.15, -0.1) is 0 Å². The number of para-hydroxylation sites is 1. The van der Waals surface area contributed by atoms with Gasteiger partial charge in [-0.2, -0.15) is 0 Å². The Hall–Kier alpha value is -2.10. The number of nitrogens with zero attached hydrogens (tertiary/aromatic N) is 1. The second-order valence-electron chi connectivity index (χ2n) is 5.83. The zero-order valence-corrected chi connectivity index (χ0v) is 12.3. The Kier molecular flexibility index (Phi) is 3.53. The largest absolute Gasteiger partial charge is 0.422 e. The number of rotatable bonds is 1. The zero-order chi connectivity index (χ0) is 15.0. The summed E-state index contributed by atoms with van der Waals surface area (Å²) in [6.45, 7) is 4.08. The van der Waals surface area contributed by atoms with Crippen molar-refractivity contribution in [1.82, 2.24) is 4.90 Å². The van der Waals surface area contributed by atoms with Crippen molar-refractivity contribution < 1.29 is 9.21 Å². The summed E-state index contributed by atoms with van der Waals surface area (Å²) in [6, 6.07) is 9.22. The highest BCUT2D eigenvalue weighted by atomic mass is 16.4. The molecule has 1 aliphatic heterocycles. The summed E-state index contributed by atoms with van der Waals surface area (Å²) in [6.07, 6.45) is 3.09. The Balaban J connectivity index is 2.05. The van der Waals surface area contributed by atoms with Crippen LogP contribution in [0, 0.1) is 0 Å². The molecule has 0 radical (unpaired) electrons. The smallest absolute Gasteiger partial charge is 0.349 e. The van der Waals surface area contributed by atoms with Crippen molar-refractivity contribution >= 4 is 16.9 Å². The molecule has 0 bridgehead atoms. The van der Waals surface area contributed by atoms with Gasteiger partial charge in [-0.25, -0.2) is 4.79 Å². The second kappa shape index (κ2) is 5.35. The summed E-state index contributed by atoms with van der Waals surface area (Å²) >= 11 is 0. The van der Waals surface area contributed by atoms with Crippen LogP contribution in [-0.4, -0.2) is 22.9 Å². The fraction of sp³-hybridized carbons (Fsp3) is 0.412. The molecule has 1 aliphatic rings. The molecular weight excluding hydrogens is 266 g/mol. The minimum absolute atomic E-state index is 0.134. The summed E-state index contributed by atoms with van der Waals surface area (Å²) in [5, 5.41) is 0.776. The van der Waals surface area contributed by atoms with Crippen molar-refractivity contribution in [3.8, 4) is 0 Å². The second-order valence-corrected chi connectivity index (χ2v) is 5.83. The summed E-state index contributed by atoms with van der Waals surface area (Å²) in [4.78, 5) is 26.7. The van der Waals surface area contributed by atoms with Gasteiger partial charge in [-0.1, -0.05) is 18.2 Å². The predicted molar refractivity (Wildman–Crippen MR) is 81.4 cm³/mol. The molecule has 0 N–H and O–H groups in total. The number of benzene rings is 1. The molecular formula is C17H19NO3. The highest BCUT2D eigenvalue weighted by Gasteiger charge is 2.31. The van der Waals surface area contributed by atoms with Gasteiger partial charge in [0.1, 0.15) is 11.1 Å². The van der Waals surface area contributed by atoms with E-state index < -0.39 is 5.63 Å². The molecule has 1 aromatic carbocycles. The van der Waals surface area contributed by atoms with Crippen LogP contribution in [0.1, 0.15) is 43.5 Å². The molecule has 0 spiro atoms. The summed E-state index contributed by atoms with van der Waals surface area (Å²) < 4.78 is 5.27. The number of carbonyl (C=O) groups is 1. The van der Waals surface area contributed by atoms with Gasteiger partial charge in [-0.3, -0.25) is 4.79 Å². The normalized spacial score (nSPS) is 22.5. The van der Waals surface area contributed by atoms with E-state index in [1.54, 1.807) is 12.1 Å². The van der Waals surface area contributed by atoms with E-state index in [2.05, 4.69) is 0 Å². The third-order valence-corrected chi connectivity index (χ3v) is 4.30. The molecule has 4 nitrogen and oxygen atoms in total. The first-order valence-electron chi connectivity index (χ1n) is 7.43. The highest BCUT2D eigenvalue weighted by Crippen LogP contribution is 2.24. The zero-order valence-electron chi connectivity index (χ0n) is 12.3. The molecule has 21 heavy (non-hydrogen) atoms. The third kappa shape index (κ3) is 2.46. The average molecular weight is 285 g/mol. The number of carbonyl (C=O) groups excluding carboxylic acids is 1. The Morgan fingerprint density at radius 3 is 2.57 bits per heavy atom. The van der Waals surface area contributed by atoms with Gasteiger partial charge < -0.3 is 9.32 Å². The van der Waals surface area contributed by atoms with Crippen molar-refractivity contribution in [2.24, 2.45) is 0 Å². The summed E-state index contributed by atoms with van der Waals surface area (Å²) in [5.41, 5.74) is 0.0942. The minimum Gasteiger partial charge on any atom is -0.422 e. The summed E-state index contributed by atoms with van der Waals surface area (Å²) in [5.74, 6) is -0.214. The van der Waals surface area contributed by atoms with Crippen LogP contribution in [0.5, 0.6) is 0 Å². The van der Waals surface area contributed by atoms with Crippen molar-refractivity contribution in [3.05, 3.63) is 46.3 Å². The third-order valence-electron chi connectivity index (χ3n) is 4.30. The number of hydrogen-bond donors (Lipinski definition) is 0. The van der Waals surface area contributed by atoms with Crippen LogP contribution in [0.15, 0.2) is 39.5 Å². The Morgan fingerprint density at radius 2 is 1.86 bits per heavy atom. The quantitative estimate of drug-likeness (QED) is 0.756. The van der Waals surface area contributed by atoms with Gasteiger partial charge in [0.25, 0.3) is 5.91 Å². The molecule has 1 fully saturated rings. The van der Waals surface area contributed by atoms with E-state index in [9.17, 15) is 9.59 Å². The van der Waals surface area contributed by atoms with Crippen LogP contribution in [0.25, 0.3) is 11.0 Å². The molecule has 110 valence electrons. The van der Waals surface area contributed by atoms with E-state index in [-0.39, 0.29) is 23.6 Å². The van der Waals surface area contributed by atoms with Crippen molar-refractivity contribution in [2.75, 3.05) is 0 Å². The number of fused-ring (bicyclic) bond motifs is 1. The molecule has 1 saturated heterocycles. The number of piperidine rings is 1. The summed E-state index contributed by atoms with van der Waals surface area (Å²) in [7, 11) is 0. The number of likely N-dealkylation sites (tertiary alicyclic amines) is 1. The fourth-order valence-corrected chi connectivity index (χ4v) is 3.17. The molecule has 2 aromatic rings. The van der Waals surface area contributed by atoms with Crippen LogP contribution >= 0.6 is 0 Å². The van der Waals surface area contributed by atoms with Crippen LogP contribution in [-0.2, 0) is 0 Å². The molecule has 2 heterocycles.